The van der Waals surface area contributed by atoms with Crippen LogP contribution in [0, 0.1) is 0 Å². The van der Waals surface area contributed by atoms with Crippen LogP contribution in [0.15, 0.2) is 59.8 Å². The Morgan fingerprint density at radius 2 is 1.92 bits per heavy atom. The summed E-state index contributed by atoms with van der Waals surface area (Å²) in [5.74, 6) is 1.29. The summed E-state index contributed by atoms with van der Waals surface area (Å²) in [6.45, 7) is 3.20. The van der Waals surface area contributed by atoms with Crippen molar-refractivity contribution in [3.05, 3.63) is 60.4 Å². The predicted molar refractivity (Wildman–Crippen MR) is 139 cm³/mol. The van der Waals surface area contributed by atoms with Gasteiger partial charge in [0.05, 0.1) is 5.69 Å². The summed E-state index contributed by atoms with van der Waals surface area (Å²) in [5.41, 5.74) is 1.28. The van der Waals surface area contributed by atoms with Crippen molar-refractivity contribution >= 4 is 33.0 Å². The summed E-state index contributed by atoms with van der Waals surface area (Å²) in [4.78, 5) is 26.8. The first-order valence-electron chi connectivity index (χ1n) is 12.0. The van der Waals surface area contributed by atoms with Crippen LogP contribution in [0.2, 0.25) is 0 Å². The molecule has 1 unspecified atom stereocenters. The van der Waals surface area contributed by atoms with Gasteiger partial charge in [-0.2, -0.15) is 4.98 Å². The van der Waals surface area contributed by atoms with Gasteiger partial charge >= 0.3 is 0 Å². The first kappa shape index (κ1) is 23.9. The molecule has 1 fully saturated rings. The van der Waals surface area contributed by atoms with Crippen LogP contribution in [0.25, 0.3) is 28.0 Å². The number of nitrogens with one attached hydrogen (secondary N) is 1. The van der Waals surface area contributed by atoms with Crippen LogP contribution < -0.4 is 5.32 Å². The van der Waals surface area contributed by atoms with Gasteiger partial charge in [0.1, 0.15) is 11.6 Å². The topological polar surface area (TPSA) is 110 Å². The zero-order valence-electron chi connectivity index (χ0n) is 20.3. The van der Waals surface area contributed by atoms with E-state index in [9.17, 15) is 13.2 Å². The number of rotatable bonds is 7. The van der Waals surface area contributed by atoms with Crippen LogP contribution in [0.3, 0.4) is 0 Å². The van der Waals surface area contributed by atoms with E-state index in [0.29, 0.717) is 36.3 Å². The number of carbonyl (C=O) groups is 1. The highest BCUT2D eigenvalue weighted by molar-refractivity contribution is 7.90. The monoisotopic (exact) mass is 504 g/mol. The SMILES string of the molecule is CCc1nc(-c2ccc3ccccc3c2)n(-c2ccnc(NC3CCCN(C=O)C3)n2)c1S(C)(=O)=O. The number of aryl methyl sites for hydroxylation is 1. The number of carbonyl (C=O) groups excluding carboxylic acids is 1. The van der Waals surface area contributed by atoms with Gasteiger partial charge in [-0.1, -0.05) is 43.3 Å². The van der Waals surface area contributed by atoms with Crippen molar-refractivity contribution in [3.63, 3.8) is 0 Å². The fourth-order valence-corrected chi connectivity index (χ4v) is 5.87. The largest absolute Gasteiger partial charge is 0.350 e. The molecule has 2 aromatic heterocycles. The second kappa shape index (κ2) is 9.69. The zero-order valence-corrected chi connectivity index (χ0v) is 21.1. The molecule has 0 radical (unpaired) electrons. The molecule has 1 N–H and O–H groups in total. The number of piperidine rings is 1. The van der Waals surface area contributed by atoms with Gasteiger partial charge in [0, 0.05) is 37.1 Å². The number of fused-ring (bicyclic) bond motifs is 1. The molecule has 9 nitrogen and oxygen atoms in total. The van der Waals surface area contributed by atoms with Gasteiger partial charge < -0.3 is 10.2 Å². The maximum atomic E-state index is 13.0. The Labute approximate surface area is 210 Å². The second-order valence-corrected chi connectivity index (χ2v) is 11.0. The van der Waals surface area contributed by atoms with Crippen LogP contribution in [-0.2, 0) is 21.1 Å². The third kappa shape index (κ3) is 4.68. The van der Waals surface area contributed by atoms with E-state index in [1.54, 1.807) is 21.7 Å². The fraction of sp³-hybridized carbons (Fsp3) is 0.308. The van der Waals surface area contributed by atoms with Crippen molar-refractivity contribution in [2.45, 2.75) is 37.3 Å². The van der Waals surface area contributed by atoms with E-state index in [4.69, 9.17) is 4.98 Å². The molecule has 1 saturated heterocycles. The van der Waals surface area contributed by atoms with Gasteiger partial charge in [0.25, 0.3) is 0 Å². The molecular weight excluding hydrogens is 476 g/mol. The van der Waals surface area contributed by atoms with E-state index in [1.165, 1.54) is 6.26 Å². The molecule has 1 amide bonds. The van der Waals surface area contributed by atoms with Crippen LogP contribution in [0.4, 0.5) is 5.95 Å². The molecule has 0 bridgehead atoms. The number of hydrogen-bond donors (Lipinski definition) is 1. The molecule has 10 heteroatoms. The van der Waals surface area contributed by atoms with Crippen LogP contribution in [0.5, 0.6) is 0 Å². The highest BCUT2D eigenvalue weighted by atomic mass is 32.2. The minimum atomic E-state index is -3.63. The molecule has 36 heavy (non-hydrogen) atoms. The van der Waals surface area contributed by atoms with Crippen molar-refractivity contribution in [2.75, 3.05) is 24.7 Å². The average Bonchev–Trinajstić information content (AvgIpc) is 3.29. The summed E-state index contributed by atoms with van der Waals surface area (Å²) in [5, 5.41) is 5.56. The van der Waals surface area contributed by atoms with Crippen LogP contribution >= 0.6 is 0 Å². The van der Waals surface area contributed by atoms with Gasteiger partial charge in [0.2, 0.25) is 12.4 Å². The zero-order chi connectivity index (χ0) is 25.3. The lowest BCUT2D eigenvalue weighted by Crippen LogP contribution is -2.41. The number of imidazole rings is 1. The van der Waals surface area contributed by atoms with E-state index in [0.717, 1.165) is 42.1 Å². The first-order chi connectivity index (χ1) is 17.4. The number of amides is 1. The quantitative estimate of drug-likeness (QED) is 0.384. The molecule has 0 aliphatic carbocycles. The summed E-state index contributed by atoms with van der Waals surface area (Å²) in [6.07, 6.45) is 5.89. The molecule has 1 aliphatic heterocycles. The minimum absolute atomic E-state index is 0.0162. The molecule has 186 valence electrons. The molecule has 0 saturated carbocycles. The number of nitrogens with zero attached hydrogens (tertiary/aromatic N) is 5. The number of hydrogen-bond acceptors (Lipinski definition) is 7. The lowest BCUT2D eigenvalue weighted by atomic mass is 10.1. The highest BCUT2D eigenvalue weighted by Crippen LogP contribution is 2.31. The van der Waals surface area contributed by atoms with Crippen LogP contribution in [-0.4, -0.2) is 64.6 Å². The Balaban J connectivity index is 1.63. The molecule has 3 heterocycles. The smallest absolute Gasteiger partial charge is 0.224 e. The normalized spacial score (nSPS) is 16.3. The number of anilines is 1. The molecule has 2 aromatic carbocycles. The lowest BCUT2D eigenvalue weighted by Gasteiger charge is -2.30. The standard InChI is InChI=1S/C26H28N6O3S/c1-3-22-25(36(2,34)35)32(24(29-22)20-11-10-18-7-4-5-8-19(18)15-20)23-12-13-27-26(30-23)28-21-9-6-14-31(16-21)17-33/h4-5,7-8,10-13,15,17,21H,3,6,9,14,16H2,1-2H3,(H,27,28,30). The third-order valence-corrected chi connectivity index (χ3v) is 7.52. The maximum Gasteiger partial charge on any atom is 0.224 e. The molecule has 1 atom stereocenters. The Morgan fingerprint density at radius 3 is 2.67 bits per heavy atom. The fourth-order valence-electron chi connectivity index (χ4n) is 4.74. The van der Waals surface area contributed by atoms with E-state index in [1.807, 2.05) is 49.4 Å². The number of sulfone groups is 1. The second-order valence-electron chi connectivity index (χ2n) is 9.03. The summed E-state index contributed by atoms with van der Waals surface area (Å²) < 4.78 is 27.6. The van der Waals surface area contributed by atoms with Crippen molar-refractivity contribution in [1.29, 1.82) is 0 Å². The van der Waals surface area contributed by atoms with Crippen molar-refractivity contribution in [1.82, 2.24) is 24.4 Å². The van der Waals surface area contributed by atoms with E-state index >= 15 is 0 Å². The highest BCUT2D eigenvalue weighted by Gasteiger charge is 2.27. The molecule has 0 spiro atoms. The third-order valence-electron chi connectivity index (χ3n) is 6.40. The Hall–Kier alpha value is -3.79. The molecule has 1 aliphatic rings. The van der Waals surface area contributed by atoms with Gasteiger partial charge in [-0.25, -0.2) is 18.4 Å². The average molecular weight is 505 g/mol. The van der Waals surface area contributed by atoms with Crippen molar-refractivity contribution in [3.8, 4) is 17.2 Å². The van der Waals surface area contributed by atoms with Gasteiger partial charge in [-0.05, 0) is 42.2 Å². The van der Waals surface area contributed by atoms with Gasteiger partial charge in [-0.3, -0.25) is 9.36 Å². The van der Waals surface area contributed by atoms with Crippen LogP contribution in [0.1, 0.15) is 25.5 Å². The van der Waals surface area contributed by atoms with Crippen molar-refractivity contribution < 1.29 is 13.2 Å². The Bertz CT molecular complexity index is 1530. The molecule has 5 rings (SSSR count). The lowest BCUT2D eigenvalue weighted by molar-refractivity contribution is -0.119. The summed E-state index contributed by atoms with van der Waals surface area (Å²) in [6, 6.07) is 15.7. The van der Waals surface area contributed by atoms with E-state index in [2.05, 4.69) is 15.3 Å². The number of aromatic nitrogens is 4. The summed E-state index contributed by atoms with van der Waals surface area (Å²) >= 11 is 0. The van der Waals surface area contributed by atoms with E-state index < -0.39 is 9.84 Å². The van der Waals surface area contributed by atoms with Gasteiger partial charge in [0.15, 0.2) is 14.9 Å². The molecule has 4 aromatic rings. The Kier molecular flexibility index (Phi) is 6.44. The van der Waals surface area contributed by atoms with E-state index in [-0.39, 0.29) is 11.1 Å². The number of likely N-dealkylation sites (tertiary alicyclic amines) is 1. The molecular formula is C26H28N6O3S. The maximum absolute atomic E-state index is 13.0. The Morgan fingerprint density at radius 1 is 1.11 bits per heavy atom. The minimum Gasteiger partial charge on any atom is -0.350 e. The predicted octanol–water partition coefficient (Wildman–Crippen LogP) is 3.48. The van der Waals surface area contributed by atoms with Crippen molar-refractivity contribution in [2.24, 2.45) is 0 Å². The first-order valence-corrected chi connectivity index (χ1v) is 13.9. The summed E-state index contributed by atoms with van der Waals surface area (Å²) in [7, 11) is -3.63. The number of benzene rings is 2. The van der Waals surface area contributed by atoms with Gasteiger partial charge in [-0.15, -0.1) is 0 Å².